The third-order valence-corrected chi connectivity index (χ3v) is 3.68. The normalized spacial score (nSPS) is 11.7. The topological polar surface area (TPSA) is 75.2 Å². The molecule has 0 bridgehead atoms. The van der Waals surface area contributed by atoms with Crippen LogP contribution in [-0.2, 0) is 29.8 Å². The molecule has 0 amide bonds. The van der Waals surface area contributed by atoms with E-state index in [-0.39, 0.29) is 5.41 Å². The van der Waals surface area contributed by atoms with Gasteiger partial charge in [-0.15, -0.1) is 5.10 Å². The van der Waals surface area contributed by atoms with Gasteiger partial charge in [0.2, 0.25) is 0 Å². The van der Waals surface area contributed by atoms with Crippen LogP contribution < -0.4 is 10.5 Å². The molecule has 1 aromatic heterocycles. The molecule has 1 heterocycles. The summed E-state index contributed by atoms with van der Waals surface area (Å²) in [5.41, 5.74) is 8.76. The molecule has 2 N–H and O–H groups in total. The molecule has 0 radical (unpaired) electrons. The second kappa shape index (κ2) is 7.57. The maximum absolute atomic E-state index is 5.79. The van der Waals surface area contributed by atoms with Crippen LogP contribution in [0.25, 0.3) is 0 Å². The van der Waals surface area contributed by atoms with Crippen LogP contribution >= 0.6 is 0 Å². The van der Waals surface area contributed by atoms with Gasteiger partial charge in [-0.25, -0.2) is 4.68 Å². The highest BCUT2D eigenvalue weighted by Crippen LogP contribution is 2.24. The Labute approximate surface area is 137 Å². The molecule has 0 unspecified atom stereocenters. The molecule has 126 valence electrons. The van der Waals surface area contributed by atoms with Crippen molar-refractivity contribution in [2.75, 3.05) is 13.7 Å². The van der Waals surface area contributed by atoms with E-state index in [0.29, 0.717) is 26.3 Å². The van der Waals surface area contributed by atoms with Gasteiger partial charge in [-0.3, -0.25) is 0 Å². The maximum atomic E-state index is 5.79. The van der Waals surface area contributed by atoms with E-state index in [1.54, 1.807) is 11.8 Å². The van der Waals surface area contributed by atoms with Crippen LogP contribution in [0.15, 0.2) is 24.3 Å². The first-order valence-electron chi connectivity index (χ1n) is 7.79. The molecule has 0 aliphatic carbocycles. The van der Waals surface area contributed by atoms with Gasteiger partial charge in [0.25, 0.3) is 0 Å². The van der Waals surface area contributed by atoms with Gasteiger partial charge in [0.15, 0.2) is 0 Å². The molecular weight excluding hydrogens is 292 g/mol. The third-order valence-electron chi connectivity index (χ3n) is 3.68. The van der Waals surface area contributed by atoms with Gasteiger partial charge in [-0.1, -0.05) is 38.1 Å². The Balaban J connectivity index is 1.94. The lowest BCUT2D eigenvalue weighted by Gasteiger charge is -2.19. The Kier molecular flexibility index (Phi) is 5.74. The molecule has 0 saturated carbocycles. The largest absolute Gasteiger partial charge is 0.492 e. The molecule has 2 aromatic rings. The highest BCUT2D eigenvalue weighted by Gasteiger charge is 2.13. The van der Waals surface area contributed by atoms with Crippen LogP contribution in [0.5, 0.6) is 5.75 Å². The molecule has 2 rings (SSSR count). The number of nitrogens with zero attached hydrogens (tertiary/aromatic N) is 3. The molecule has 6 nitrogen and oxygen atoms in total. The van der Waals surface area contributed by atoms with E-state index in [4.69, 9.17) is 15.2 Å². The number of nitrogens with two attached hydrogens (primary N) is 1. The van der Waals surface area contributed by atoms with Crippen molar-refractivity contribution in [3.63, 3.8) is 0 Å². The first-order valence-corrected chi connectivity index (χ1v) is 7.79. The van der Waals surface area contributed by atoms with E-state index in [9.17, 15) is 0 Å². The Morgan fingerprint density at radius 2 is 1.87 bits per heavy atom. The van der Waals surface area contributed by atoms with Crippen LogP contribution in [0.4, 0.5) is 0 Å². The number of aromatic nitrogens is 3. The van der Waals surface area contributed by atoms with E-state index in [0.717, 1.165) is 17.1 Å². The Hall–Kier alpha value is -1.92. The van der Waals surface area contributed by atoms with Crippen LogP contribution in [0.2, 0.25) is 0 Å². The maximum Gasteiger partial charge on any atom is 0.119 e. The second-order valence-corrected chi connectivity index (χ2v) is 6.47. The predicted octanol–water partition coefficient (Wildman–Crippen LogP) is 2.26. The summed E-state index contributed by atoms with van der Waals surface area (Å²) in [6.45, 7) is 8.50. The number of rotatable bonds is 7. The minimum Gasteiger partial charge on any atom is -0.492 e. The van der Waals surface area contributed by atoms with Gasteiger partial charge >= 0.3 is 0 Å². The number of methoxy groups -OCH3 is 1. The first-order chi connectivity index (χ1) is 11.0. The molecule has 0 aliphatic heterocycles. The van der Waals surface area contributed by atoms with Crippen molar-refractivity contribution in [1.29, 1.82) is 0 Å². The lowest BCUT2D eigenvalue weighted by molar-refractivity contribution is 0.173. The number of hydrogen-bond donors (Lipinski definition) is 1. The van der Waals surface area contributed by atoms with Crippen molar-refractivity contribution in [3.8, 4) is 5.75 Å². The molecule has 1 aromatic carbocycles. The monoisotopic (exact) mass is 318 g/mol. The predicted molar refractivity (Wildman–Crippen MR) is 89.3 cm³/mol. The molecular formula is C17H26N4O2. The highest BCUT2D eigenvalue weighted by atomic mass is 16.5. The fraction of sp³-hybridized carbons (Fsp3) is 0.529. The van der Waals surface area contributed by atoms with Gasteiger partial charge in [0.1, 0.15) is 18.1 Å². The van der Waals surface area contributed by atoms with Crippen LogP contribution in [0.1, 0.15) is 37.7 Å². The summed E-state index contributed by atoms with van der Waals surface area (Å²) in [5.74, 6) is 0.852. The smallest absolute Gasteiger partial charge is 0.119 e. The van der Waals surface area contributed by atoms with Crippen LogP contribution in [0.3, 0.4) is 0 Å². The third kappa shape index (κ3) is 4.53. The van der Waals surface area contributed by atoms with E-state index >= 15 is 0 Å². The zero-order valence-electron chi connectivity index (χ0n) is 14.4. The average Bonchev–Trinajstić information content (AvgIpc) is 2.90. The minimum atomic E-state index is 0.146. The minimum absolute atomic E-state index is 0.146. The zero-order valence-corrected chi connectivity index (χ0v) is 14.4. The average molecular weight is 318 g/mol. The van der Waals surface area contributed by atoms with Gasteiger partial charge < -0.3 is 15.2 Å². The molecule has 0 saturated heterocycles. The fourth-order valence-electron chi connectivity index (χ4n) is 2.30. The van der Waals surface area contributed by atoms with E-state index in [1.807, 2.05) is 12.1 Å². The van der Waals surface area contributed by atoms with Crippen molar-refractivity contribution in [2.45, 2.75) is 45.9 Å². The Morgan fingerprint density at radius 3 is 2.43 bits per heavy atom. The summed E-state index contributed by atoms with van der Waals surface area (Å²) in [4.78, 5) is 0. The van der Waals surface area contributed by atoms with Crippen molar-refractivity contribution >= 4 is 0 Å². The van der Waals surface area contributed by atoms with Crippen molar-refractivity contribution < 1.29 is 9.47 Å². The van der Waals surface area contributed by atoms with Crippen LogP contribution in [0, 0.1) is 0 Å². The summed E-state index contributed by atoms with van der Waals surface area (Å²) in [5, 5.41) is 8.18. The van der Waals surface area contributed by atoms with Crippen molar-refractivity contribution in [3.05, 3.63) is 41.2 Å². The SMILES string of the molecule is COCc1c(CN)nnn1CCOc1ccc(C(C)(C)C)cc1. The number of ether oxygens (including phenoxy) is 2. The fourth-order valence-corrected chi connectivity index (χ4v) is 2.30. The zero-order chi connectivity index (χ0) is 16.9. The van der Waals surface area contributed by atoms with Crippen molar-refractivity contribution in [2.24, 2.45) is 5.73 Å². The van der Waals surface area contributed by atoms with E-state index < -0.39 is 0 Å². The van der Waals surface area contributed by atoms with Gasteiger partial charge in [0, 0.05) is 13.7 Å². The molecule has 0 spiro atoms. The van der Waals surface area contributed by atoms with Crippen LogP contribution in [-0.4, -0.2) is 28.7 Å². The van der Waals surface area contributed by atoms with E-state index in [1.165, 1.54) is 5.56 Å². The molecule has 6 heteroatoms. The molecule has 0 aliphatic rings. The summed E-state index contributed by atoms with van der Waals surface area (Å²) < 4.78 is 12.8. The number of hydrogen-bond acceptors (Lipinski definition) is 5. The second-order valence-electron chi connectivity index (χ2n) is 6.47. The van der Waals surface area contributed by atoms with Gasteiger partial charge in [-0.05, 0) is 23.1 Å². The van der Waals surface area contributed by atoms with Crippen molar-refractivity contribution in [1.82, 2.24) is 15.0 Å². The number of benzene rings is 1. The summed E-state index contributed by atoms with van der Waals surface area (Å²) in [7, 11) is 1.64. The Bertz CT molecular complexity index is 615. The molecule has 0 fully saturated rings. The standard InChI is InChI=1S/C17H26N4O2/c1-17(2,3)13-5-7-14(8-6-13)23-10-9-21-16(12-22-4)15(11-18)19-20-21/h5-8H,9-12,18H2,1-4H3. The van der Waals surface area contributed by atoms with Gasteiger partial charge in [-0.2, -0.15) is 0 Å². The molecule has 23 heavy (non-hydrogen) atoms. The quantitative estimate of drug-likeness (QED) is 0.847. The Morgan fingerprint density at radius 1 is 1.17 bits per heavy atom. The summed E-state index contributed by atoms with van der Waals surface area (Å²) in [6, 6.07) is 8.22. The summed E-state index contributed by atoms with van der Waals surface area (Å²) in [6.07, 6.45) is 0. The lowest BCUT2D eigenvalue weighted by atomic mass is 9.87. The van der Waals surface area contributed by atoms with E-state index in [2.05, 4.69) is 43.2 Å². The highest BCUT2D eigenvalue weighted by molar-refractivity contribution is 5.31. The summed E-state index contributed by atoms with van der Waals surface area (Å²) >= 11 is 0. The molecule has 0 atom stereocenters. The first kappa shape index (κ1) is 17.4. The lowest BCUT2D eigenvalue weighted by Crippen LogP contribution is -2.14. The van der Waals surface area contributed by atoms with Gasteiger partial charge in [0.05, 0.1) is 18.8 Å².